The fraction of sp³-hybridized carbons (Fsp3) is 0.238. The minimum Gasteiger partial charge on any atom is -0.494 e. The van der Waals surface area contributed by atoms with E-state index in [-0.39, 0.29) is 5.97 Å². The van der Waals surface area contributed by atoms with E-state index in [4.69, 9.17) is 9.47 Å². The summed E-state index contributed by atoms with van der Waals surface area (Å²) < 4.78 is 10.6. The molecule has 5 heteroatoms. The van der Waals surface area contributed by atoms with Crippen LogP contribution in [0.15, 0.2) is 54.7 Å². The standard InChI is InChI=1S/C21H22N2O3/c1-3-26-21(24)17-14-23-20-16(10-7-11-18(20)25-2)19(17)22-13-12-15-8-5-4-6-9-15/h4-11,14H,3,12-13H2,1-2H3,(H,22,23). The van der Waals surface area contributed by atoms with Crippen molar-refractivity contribution in [3.8, 4) is 5.75 Å². The lowest BCUT2D eigenvalue weighted by atomic mass is 10.1. The van der Waals surface area contributed by atoms with E-state index in [1.165, 1.54) is 5.56 Å². The molecule has 0 fully saturated rings. The van der Waals surface area contributed by atoms with E-state index in [1.807, 2.05) is 36.4 Å². The Balaban J connectivity index is 1.95. The Hall–Kier alpha value is -3.08. The molecule has 3 aromatic rings. The number of esters is 1. The summed E-state index contributed by atoms with van der Waals surface area (Å²) in [6.45, 7) is 2.79. The molecule has 2 aromatic carbocycles. The molecule has 134 valence electrons. The summed E-state index contributed by atoms with van der Waals surface area (Å²) in [6, 6.07) is 15.9. The van der Waals surface area contributed by atoms with Crippen LogP contribution in [0.3, 0.4) is 0 Å². The highest BCUT2D eigenvalue weighted by molar-refractivity contribution is 6.06. The zero-order valence-electron chi connectivity index (χ0n) is 15.0. The van der Waals surface area contributed by atoms with Crippen molar-refractivity contribution in [2.24, 2.45) is 0 Å². The van der Waals surface area contributed by atoms with Gasteiger partial charge in [-0.15, -0.1) is 0 Å². The van der Waals surface area contributed by atoms with Crippen molar-refractivity contribution in [1.29, 1.82) is 0 Å². The number of carbonyl (C=O) groups is 1. The molecule has 0 aliphatic heterocycles. The molecule has 0 bridgehead atoms. The maximum Gasteiger partial charge on any atom is 0.341 e. The summed E-state index contributed by atoms with van der Waals surface area (Å²) in [5.41, 5.74) is 3.10. The number of carbonyl (C=O) groups excluding carboxylic acids is 1. The second-order valence-corrected chi connectivity index (χ2v) is 5.79. The van der Waals surface area contributed by atoms with Crippen molar-refractivity contribution >= 4 is 22.6 Å². The highest BCUT2D eigenvalue weighted by Crippen LogP contribution is 2.31. The van der Waals surface area contributed by atoms with Gasteiger partial charge in [-0.25, -0.2) is 4.79 Å². The van der Waals surface area contributed by atoms with Crippen LogP contribution >= 0.6 is 0 Å². The van der Waals surface area contributed by atoms with Crippen molar-refractivity contribution in [3.05, 3.63) is 65.9 Å². The lowest BCUT2D eigenvalue weighted by Crippen LogP contribution is -2.13. The highest BCUT2D eigenvalue weighted by atomic mass is 16.5. The smallest absolute Gasteiger partial charge is 0.341 e. The number of nitrogens with one attached hydrogen (secondary N) is 1. The number of ether oxygens (including phenoxy) is 2. The van der Waals surface area contributed by atoms with Crippen LogP contribution in [-0.2, 0) is 11.2 Å². The van der Waals surface area contributed by atoms with Crippen LogP contribution in [-0.4, -0.2) is 31.2 Å². The van der Waals surface area contributed by atoms with Crippen molar-refractivity contribution < 1.29 is 14.3 Å². The number of benzene rings is 2. The first-order valence-electron chi connectivity index (χ1n) is 8.65. The van der Waals surface area contributed by atoms with Gasteiger partial charge in [-0.2, -0.15) is 0 Å². The van der Waals surface area contributed by atoms with E-state index < -0.39 is 0 Å². The average Bonchev–Trinajstić information content (AvgIpc) is 2.68. The summed E-state index contributed by atoms with van der Waals surface area (Å²) in [7, 11) is 1.61. The Morgan fingerprint density at radius 2 is 1.92 bits per heavy atom. The maximum absolute atomic E-state index is 12.4. The molecule has 0 radical (unpaired) electrons. The number of pyridine rings is 1. The van der Waals surface area contributed by atoms with Crippen molar-refractivity contribution in [3.63, 3.8) is 0 Å². The first kappa shape index (κ1) is 17.7. The molecule has 0 atom stereocenters. The largest absolute Gasteiger partial charge is 0.494 e. The summed E-state index contributed by atoms with van der Waals surface area (Å²) >= 11 is 0. The van der Waals surface area contributed by atoms with Crippen LogP contribution in [0.25, 0.3) is 10.9 Å². The first-order chi connectivity index (χ1) is 12.7. The third-order valence-electron chi connectivity index (χ3n) is 4.13. The summed E-state index contributed by atoms with van der Waals surface area (Å²) in [4.78, 5) is 16.8. The first-order valence-corrected chi connectivity index (χ1v) is 8.65. The van der Waals surface area contributed by atoms with Gasteiger partial charge >= 0.3 is 5.97 Å². The Bertz CT molecular complexity index is 894. The summed E-state index contributed by atoms with van der Waals surface area (Å²) in [5.74, 6) is 0.288. The molecular weight excluding hydrogens is 328 g/mol. The number of hydrogen-bond donors (Lipinski definition) is 1. The molecule has 0 spiro atoms. The average molecular weight is 350 g/mol. The van der Waals surface area contributed by atoms with E-state index in [9.17, 15) is 4.79 Å². The van der Waals surface area contributed by atoms with Crippen molar-refractivity contribution in [2.75, 3.05) is 25.6 Å². The van der Waals surface area contributed by atoms with Crippen molar-refractivity contribution in [1.82, 2.24) is 4.98 Å². The molecule has 0 saturated heterocycles. The monoisotopic (exact) mass is 350 g/mol. The number of anilines is 1. The fourth-order valence-corrected chi connectivity index (χ4v) is 2.89. The molecule has 1 N–H and O–H groups in total. The van der Waals surface area contributed by atoms with Gasteiger partial charge in [0.15, 0.2) is 0 Å². The van der Waals surface area contributed by atoms with Gasteiger partial charge in [0.2, 0.25) is 0 Å². The maximum atomic E-state index is 12.4. The van der Waals surface area contributed by atoms with Crippen LogP contribution in [0.2, 0.25) is 0 Å². The van der Waals surface area contributed by atoms with Gasteiger partial charge in [-0.3, -0.25) is 4.98 Å². The number of aromatic nitrogens is 1. The number of fused-ring (bicyclic) bond motifs is 1. The normalized spacial score (nSPS) is 10.5. The Morgan fingerprint density at radius 1 is 1.12 bits per heavy atom. The van der Waals surface area contributed by atoms with Gasteiger partial charge < -0.3 is 14.8 Å². The second kappa shape index (κ2) is 8.34. The Labute approximate surface area is 153 Å². The molecule has 1 aromatic heterocycles. The van der Waals surface area contributed by atoms with Crippen LogP contribution < -0.4 is 10.1 Å². The van der Waals surface area contributed by atoms with E-state index >= 15 is 0 Å². The van der Waals surface area contributed by atoms with Gasteiger partial charge in [0.05, 0.1) is 19.4 Å². The topological polar surface area (TPSA) is 60.5 Å². The van der Waals surface area contributed by atoms with Gasteiger partial charge in [0.25, 0.3) is 0 Å². The zero-order chi connectivity index (χ0) is 18.4. The quantitative estimate of drug-likeness (QED) is 0.651. The predicted molar refractivity (Wildman–Crippen MR) is 103 cm³/mol. The number of hydrogen-bond acceptors (Lipinski definition) is 5. The van der Waals surface area contributed by atoms with Crippen LogP contribution in [0.5, 0.6) is 5.75 Å². The van der Waals surface area contributed by atoms with Gasteiger partial charge in [0, 0.05) is 18.1 Å². The fourth-order valence-electron chi connectivity index (χ4n) is 2.89. The lowest BCUT2D eigenvalue weighted by Gasteiger charge is -2.15. The minimum absolute atomic E-state index is 0.318. The van der Waals surface area contributed by atoms with Crippen molar-refractivity contribution in [2.45, 2.75) is 13.3 Å². The minimum atomic E-state index is -0.382. The Kier molecular flexibility index (Phi) is 5.69. The second-order valence-electron chi connectivity index (χ2n) is 5.79. The molecule has 0 saturated carbocycles. The van der Waals surface area contributed by atoms with Gasteiger partial charge in [-0.05, 0) is 25.0 Å². The summed E-state index contributed by atoms with van der Waals surface area (Å²) in [5, 5.41) is 4.24. The van der Waals surface area contributed by atoms with Crippen LogP contribution in [0.4, 0.5) is 5.69 Å². The number of methoxy groups -OCH3 is 1. The van der Waals surface area contributed by atoms with E-state index in [0.717, 1.165) is 17.5 Å². The number of para-hydroxylation sites is 1. The molecule has 5 nitrogen and oxygen atoms in total. The summed E-state index contributed by atoms with van der Waals surface area (Å²) in [6.07, 6.45) is 2.39. The predicted octanol–water partition coefficient (Wildman–Crippen LogP) is 4.07. The molecule has 3 rings (SSSR count). The highest BCUT2D eigenvalue weighted by Gasteiger charge is 2.18. The molecule has 0 unspecified atom stereocenters. The molecule has 1 heterocycles. The molecule has 0 aliphatic carbocycles. The SMILES string of the molecule is CCOC(=O)c1cnc2c(OC)cccc2c1NCCc1ccccc1. The van der Waals surface area contributed by atoms with Gasteiger partial charge in [-0.1, -0.05) is 42.5 Å². The van der Waals surface area contributed by atoms with E-state index in [2.05, 4.69) is 22.4 Å². The van der Waals surface area contributed by atoms with E-state index in [1.54, 1.807) is 20.2 Å². The van der Waals surface area contributed by atoms with E-state index in [0.29, 0.717) is 30.0 Å². The zero-order valence-corrected chi connectivity index (χ0v) is 15.0. The third kappa shape index (κ3) is 3.77. The molecule has 0 amide bonds. The van der Waals surface area contributed by atoms with Gasteiger partial charge in [0.1, 0.15) is 16.8 Å². The molecular formula is C21H22N2O3. The third-order valence-corrected chi connectivity index (χ3v) is 4.13. The lowest BCUT2D eigenvalue weighted by molar-refractivity contribution is 0.0527. The number of nitrogens with zero attached hydrogens (tertiary/aromatic N) is 1. The van der Waals surface area contributed by atoms with Crippen LogP contribution in [0, 0.1) is 0 Å². The Morgan fingerprint density at radius 3 is 2.65 bits per heavy atom. The van der Waals surface area contributed by atoms with Crippen LogP contribution in [0.1, 0.15) is 22.8 Å². The molecule has 0 aliphatic rings. The molecule has 26 heavy (non-hydrogen) atoms. The number of rotatable bonds is 7.